The number of fused-ring (bicyclic) bond motifs is 1. The summed E-state index contributed by atoms with van der Waals surface area (Å²) in [5, 5.41) is 0. The van der Waals surface area contributed by atoms with Crippen molar-refractivity contribution >= 4 is 0 Å². The first-order valence-electron chi connectivity index (χ1n) is 7.97. The number of nitrogens with zero attached hydrogens (tertiary/aromatic N) is 2. The number of ether oxygens (including phenoxy) is 1. The van der Waals surface area contributed by atoms with Gasteiger partial charge in [-0.05, 0) is 37.3 Å². The van der Waals surface area contributed by atoms with Crippen LogP contribution >= 0.6 is 0 Å². The molecule has 1 aliphatic carbocycles. The highest BCUT2D eigenvalue weighted by Crippen LogP contribution is 2.31. The Hall–Kier alpha value is -0.840. The minimum Gasteiger partial charge on any atom is -0.468 e. The van der Waals surface area contributed by atoms with Crippen molar-refractivity contribution in [2.45, 2.75) is 38.0 Å². The third-order valence-corrected chi connectivity index (χ3v) is 4.89. The second kappa shape index (κ2) is 5.51. The van der Waals surface area contributed by atoms with E-state index in [1.165, 1.54) is 25.8 Å². The van der Waals surface area contributed by atoms with Crippen LogP contribution in [0.1, 0.15) is 25.0 Å². The second-order valence-corrected chi connectivity index (χ2v) is 6.60. The van der Waals surface area contributed by atoms with Gasteiger partial charge in [0.05, 0.1) is 18.9 Å². The van der Waals surface area contributed by atoms with Gasteiger partial charge < -0.3 is 9.15 Å². The van der Waals surface area contributed by atoms with Crippen molar-refractivity contribution in [1.82, 2.24) is 9.80 Å². The molecule has 0 radical (unpaired) electrons. The Balaban J connectivity index is 1.28. The van der Waals surface area contributed by atoms with Crippen molar-refractivity contribution in [2.75, 3.05) is 32.8 Å². The van der Waals surface area contributed by atoms with Crippen LogP contribution in [0.2, 0.25) is 0 Å². The summed E-state index contributed by atoms with van der Waals surface area (Å²) in [6.07, 6.45) is 6.22. The van der Waals surface area contributed by atoms with Gasteiger partial charge in [0.15, 0.2) is 0 Å². The maximum Gasteiger partial charge on any atom is 0.117 e. The second-order valence-electron chi connectivity index (χ2n) is 6.60. The SMILES string of the molecule is c1coc(CN2CCN3C[C@@H](OCC4CC4)C[C@H]3C2)c1. The molecule has 3 aliphatic rings. The zero-order valence-corrected chi connectivity index (χ0v) is 12.0. The summed E-state index contributed by atoms with van der Waals surface area (Å²) in [6, 6.07) is 4.73. The largest absolute Gasteiger partial charge is 0.468 e. The molecule has 3 fully saturated rings. The summed E-state index contributed by atoms with van der Waals surface area (Å²) in [5.74, 6) is 1.96. The highest BCUT2D eigenvalue weighted by atomic mass is 16.5. The molecule has 1 aromatic rings. The molecule has 0 aromatic carbocycles. The number of furan rings is 1. The molecular weight excluding hydrogens is 252 g/mol. The van der Waals surface area contributed by atoms with Gasteiger partial charge in [0.1, 0.15) is 5.76 Å². The van der Waals surface area contributed by atoms with Crippen molar-refractivity contribution in [3.05, 3.63) is 24.2 Å². The predicted molar refractivity (Wildman–Crippen MR) is 76.4 cm³/mol. The van der Waals surface area contributed by atoms with Crippen molar-refractivity contribution in [2.24, 2.45) is 5.92 Å². The fraction of sp³-hybridized carbons (Fsp3) is 0.750. The highest BCUT2D eigenvalue weighted by Gasteiger charge is 2.37. The normalized spacial score (nSPS) is 31.6. The summed E-state index contributed by atoms with van der Waals surface area (Å²) in [7, 11) is 0. The minimum absolute atomic E-state index is 0.476. The molecule has 4 rings (SSSR count). The smallest absolute Gasteiger partial charge is 0.117 e. The van der Waals surface area contributed by atoms with Gasteiger partial charge in [-0.15, -0.1) is 0 Å². The Morgan fingerprint density at radius 2 is 2.20 bits per heavy atom. The van der Waals surface area contributed by atoms with Crippen LogP contribution in [0.4, 0.5) is 0 Å². The minimum atomic E-state index is 0.476. The topological polar surface area (TPSA) is 28.9 Å². The lowest BCUT2D eigenvalue weighted by Crippen LogP contribution is -2.49. The molecule has 0 bridgehead atoms. The number of hydrogen-bond acceptors (Lipinski definition) is 4. The Kier molecular flexibility index (Phi) is 3.54. The van der Waals surface area contributed by atoms with E-state index in [0.717, 1.165) is 44.5 Å². The van der Waals surface area contributed by atoms with Crippen molar-refractivity contribution in [3.8, 4) is 0 Å². The molecule has 4 heteroatoms. The van der Waals surface area contributed by atoms with E-state index < -0.39 is 0 Å². The molecule has 1 saturated carbocycles. The summed E-state index contributed by atoms with van der Waals surface area (Å²) in [5.41, 5.74) is 0. The Morgan fingerprint density at radius 1 is 1.25 bits per heavy atom. The standard InChI is InChI=1S/C16H24N2O2/c1-2-15(19-7-1)10-17-5-6-18-11-16(8-14(18)9-17)20-12-13-3-4-13/h1-2,7,13-14,16H,3-6,8-12H2/t14-,16-/m0/s1. The molecule has 0 amide bonds. The number of rotatable bonds is 5. The van der Waals surface area contributed by atoms with Crippen LogP contribution in [-0.2, 0) is 11.3 Å². The van der Waals surface area contributed by atoms with E-state index in [2.05, 4.69) is 15.9 Å². The van der Waals surface area contributed by atoms with Gasteiger partial charge in [0.2, 0.25) is 0 Å². The van der Waals surface area contributed by atoms with E-state index in [1.807, 2.05) is 6.07 Å². The Bertz CT molecular complexity index is 430. The first-order valence-corrected chi connectivity index (χ1v) is 7.97. The fourth-order valence-corrected chi connectivity index (χ4v) is 3.50. The molecule has 4 nitrogen and oxygen atoms in total. The van der Waals surface area contributed by atoms with E-state index in [1.54, 1.807) is 6.26 Å². The summed E-state index contributed by atoms with van der Waals surface area (Å²) in [6.45, 7) is 6.57. The third kappa shape index (κ3) is 2.92. The lowest BCUT2D eigenvalue weighted by Gasteiger charge is -2.36. The maximum atomic E-state index is 6.08. The average Bonchev–Trinajstić information content (AvgIpc) is 2.97. The van der Waals surface area contributed by atoms with Gasteiger partial charge in [-0.3, -0.25) is 9.80 Å². The lowest BCUT2D eigenvalue weighted by molar-refractivity contribution is 0.0506. The van der Waals surface area contributed by atoms with Crippen LogP contribution in [0.5, 0.6) is 0 Å². The first-order chi connectivity index (χ1) is 9.87. The van der Waals surface area contributed by atoms with Crippen LogP contribution in [0.15, 0.2) is 22.8 Å². The van der Waals surface area contributed by atoms with Gasteiger partial charge in [0, 0.05) is 38.8 Å². The monoisotopic (exact) mass is 276 g/mol. The van der Waals surface area contributed by atoms with E-state index in [-0.39, 0.29) is 0 Å². The lowest BCUT2D eigenvalue weighted by atomic mass is 10.1. The quantitative estimate of drug-likeness (QED) is 0.822. The van der Waals surface area contributed by atoms with E-state index in [9.17, 15) is 0 Å². The molecule has 20 heavy (non-hydrogen) atoms. The van der Waals surface area contributed by atoms with Gasteiger partial charge in [0.25, 0.3) is 0 Å². The average molecular weight is 276 g/mol. The van der Waals surface area contributed by atoms with Gasteiger partial charge in [-0.1, -0.05) is 0 Å². The highest BCUT2D eigenvalue weighted by molar-refractivity contribution is 5.00. The van der Waals surface area contributed by atoms with E-state index >= 15 is 0 Å². The van der Waals surface area contributed by atoms with Crippen LogP contribution in [-0.4, -0.2) is 54.7 Å². The van der Waals surface area contributed by atoms with Gasteiger partial charge in [-0.25, -0.2) is 0 Å². The van der Waals surface area contributed by atoms with E-state index in [4.69, 9.17) is 9.15 Å². The molecule has 0 unspecified atom stereocenters. The third-order valence-electron chi connectivity index (χ3n) is 4.89. The van der Waals surface area contributed by atoms with E-state index in [0.29, 0.717) is 12.1 Å². The molecule has 110 valence electrons. The molecular formula is C16H24N2O2. The molecule has 1 aromatic heterocycles. The Labute approximate surface area is 120 Å². The van der Waals surface area contributed by atoms with Crippen molar-refractivity contribution < 1.29 is 9.15 Å². The molecule has 2 saturated heterocycles. The summed E-state index contributed by atoms with van der Waals surface area (Å²) in [4.78, 5) is 5.14. The first kappa shape index (κ1) is 12.9. The van der Waals surface area contributed by atoms with Crippen molar-refractivity contribution in [3.63, 3.8) is 0 Å². The van der Waals surface area contributed by atoms with Gasteiger partial charge >= 0.3 is 0 Å². The molecule has 3 heterocycles. The number of piperazine rings is 1. The molecule has 0 N–H and O–H groups in total. The Morgan fingerprint density at radius 3 is 3.00 bits per heavy atom. The van der Waals surface area contributed by atoms with Crippen LogP contribution < -0.4 is 0 Å². The van der Waals surface area contributed by atoms with Crippen molar-refractivity contribution in [1.29, 1.82) is 0 Å². The van der Waals surface area contributed by atoms with Crippen LogP contribution in [0.3, 0.4) is 0 Å². The zero-order chi connectivity index (χ0) is 13.4. The molecule has 2 aliphatic heterocycles. The summed E-state index contributed by atoms with van der Waals surface area (Å²) < 4.78 is 11.5. The zero-order valence-electron chi connectivity index (χ0n) is 12.0. The maximum absolute atomic E-state index is 6.08. The molecule has 2 atom stereocenters. The fourth-order valence-electron chi connectivity index (χ4n) is 3.50. The summed E-state index contributed by atoms with van der Waals surface area (Å²) >= 11 is 0. The van der Waals surface area contributed by atoms with Crippen LogP contribution in [0.25, 0.3) is 0 Å². The number of hydrogen-bond donors (Lipinski definition) is 0. The van der Waals surface area contributed by atoms with Gasteiger partial charge in [-0.2, -0.15) is 0 Å². The molecule has 0 spiro atoms. The predicted octanol–water partition coefficient (Wildman–Crippen LogP) is 1.96. The van der Waals surface area contributed by atoms with Crippen LogP contribution in [0, 0.1) is 5.92 Å².